The molecular formula is C20H27N4O3. The Morgan fingerprint density at radius 3 is 2.26 bits per heavy atom. The van der Waals surface area contributed by atoms with E-state index in [1.165, 1.54) is 0 Å². The van der Waals surface area contributed by atoms with Gasteiger partial charge in [-0.25, -0.2) is 4.79 Å². The van der Waals surface area contributed by atoms with E-state index in [1.54, 1.807) is 0 Å². The number of nitrogens with zero attached hydrogens (tertiary/aromatic N) is 1. The second-order valence-corrected chi connectivity index (χ2v) is 7.46. The fourth-order valence-corrected chi connectivity index (χ4v) is 3.95. The number of piperidine rings is 1. The maximum absolute atomic E-state index is 12.7. The van der Waals surface area contributed by atoms with Crippen molar-refractivity contribution in [1.82, 2.24) is 5.32 Å². The van der Waals surface area contributed by atoms with E-state index in [1.807, 2.05) is 24.3 Å². The van der Waals surface area contributed by atoms with Crippen LogP contribution in [-0.2, 0) is 9.59 Å². The Morgan fingerprint density at radius 2 is 1.74 bits per heavy atom. The molecule has 27 heavy (non-hydrogen) atoms. The molecule has 0 aromatic heterocycles. The van der Waals surface area contributed by atoms with Crippen molar-refractivity contribution >= 4 is 23.4 Å². The number of benzene rings is 1. The first-order valence-corrected chi connectivity index (χ1v) is 9.48. The number of carboxylic acids is 1. The maximum Gasteiger partial charge on any atom is 0.329 e. The summed E-state index contributed by atoms with van der Waals surface area (Å²) in [5.41, 5.74) is 6.11. The van der Waals surface area contributed by atoms with Crippen LogP contribution >= 0.6 is 0 Å². The highest BCUT2D eigenvalue weighted by molar-refractivity contribution is 5.95. The highest BCUT2D eigenvalue weighted by Gasteiger charge is 2.42. The molecular weight excluding hydrogens is 344 g/mol. The zero-order valence-electron chi connectivity index (χ0n) is 15.4. The number of amidine groups is 1. The third-order valence-corrected chi connectivity index (χ3v) is 5.73. The number of amides is 1. The summed E-state index contributed by atoms with van der Waals surface area (Å²) in [6.07, 6.45) is 5.86. The summed E-state index contributed by atoms with van der Waals surface area (Å²) in [7, 11) is 0. The van der Waals surface area contributed by atoms with E-state index in [9.17, 15) is 14.7 Å². The average molecular weight is 371 g/mol. The Hall–Kier alpha value is -2.57. The van der Waals surface area contributed by atoms with Gasteiger partial charge in [-0.1, -0.05) is 0 Å². The number of aliphatic carboxylic acids is 1. The second kappa shape index (κ2) is 7.98. The molecule has 0 bridgehead atoms. The zero-order chi connectivity index (χ0) is 19.4. The van der Waals surface area contributed by atoms with Crippen LogP contribution < -0.4 is 16.0 Å². The van der Waals surface area contributed by atoms with E-state index in [0.717, 1.165) is 31.6 Å². The van der Waals surface area contributed by atoms with Crippen LogP contribution in [0.4, 0.5) is 5.69 Å². The first-order chi connectivity index (χ1) is 12.9. The van der Waals surface area contributed by atoms with Gasteiger partial charge in [-0.2, -0.15) is 0 Å². The van der Waals surface area contributed by atoms with Crippen molar-refractivity contribution in [3.8, 4) is 0 Å². The molecule has 1 heterocycles. The average Bonchev–Trinajstić information content (AvgIpc) is 2.69. The molecule has 7 nitrogen and oxygen atoms in total. The third kappa shape index (κ3) is 4.23. The van der Waals surface area contributed by atoms with Crippen LogP contribution in [0.15, 0.2) is 24.3 Å². The monoisotopic (exact) mass is 371 g/mol. The standard InChI is InChI=1S/C20H27N4O3/c21-17(22)14-4-6-16(7-5-14)24-12-8-15(9-13-24)18(25)23-20(19(26)27)10-2-1-3-11-20/h1,4-7,15H,2-3,8-13H2,(H3,21,22)(H,23,25)(H,26,27). The molecule has 1 saturated carbocycles. The minimum atomic E-state index is -1.11. The van der Waals surface area contributed by atoms with Crippen molar-refractivity contribution < 1.29 is 14.7 Å². The highest BCUT2D eigenvalue weighted by atomic mass is 16.4. The van der Waals surface area contributed by atoms with Gasteiger partial charge < -0.3 is 21.1 Å². The summed E-state index contributed by atoms with van der Waals surface area (Å²) in [6, 6.07) is 7.53. The molecule has 1 aliphatic heterocycles. The number of rotatable bonds is 5. The van der Waals surface area contributed by atoms with Crippen LogP contribution in [0.3, 0.4) is 0 Å². The van der Waals surface area contributed by atoms with E-state index < -0.39 is 11.5 Å². The fraction of sp³-hybridized carbons (Fsp3) is 0.500. The molecule has 1 amide bonds. The molecule has 1 saturated heterocycles. The topological polar surface area (TPSA) is 120 Å². The van der Waals surface area contributed by atoms with Crippen LogP contribution in [0.2, 0.25) is 0 Å². The van der Waals surface area contributed by atoms with Crippen LogP contribution in [0.5, 0.6) is 0 Å². The first-order valence-electron chi connectivity index (χ1n) is 9.48. The molecule has 2 aliphatic rings. The summed E-state index contributed by atoms with van der Waals surface area (Å²) < 4.78 is 0. The number of carbonyl (C=O) groups excluding carboxylic acids is 1. The number of nitrogens with two attached hydrogens (primary N) is 1. The lowest BCUT2D eigenvalue weighted by molar-refractivity contribution is -0.149. The van der Waals surface area contributed by atoms with Crippen molar-refractivity contribution in [3.05, 3.63) is 36.2 Å². The number of anilines is 1. The molecule has 145 valence electrons. The Bertz CT molecular complexity index is 702. The van der Waals surface area contributed by atoms with Crippen molar-refractivity contribution in [2.75, 3.05) is 18.0 Å². The lowest BCUT2D eigenvalue weighted by Gasteiger charge is -2.37. The van der Waals surface area contributed by atoms with Crippen LogP contribution in [0.1, 0.15) is 44.1 Å². The lowest BCUT2D eigenvalue weighted by atomic mass is 9.81. The summed E-state index contributed by atoms with van der Waals surface area (Å²) in [4.78, 5) is 26.6. The molecule has 2 fully saturated rings. The maximum atomic E-state index is 12.7. The van der Waals surface area contributed by atoms with E-state index in [0.29, 0.717) is 31.2 Å². The van der Waals surface area contributed by atoms with E-state index in [2.05, 4.69) is 16.6 Å². The Kier molecular flexibility index (Phi) is 5.68. The fourth-order valence-electron chi connectivity index (χ4n) is 3.95. The third-order valence-electron chi connectivity index (χ3n) is 5.73. The molecule has 0 unspecified atom stereocenters. The van der Waals surface area contributed by atoms with Gasteiger partial charge in [0.1, 0.15) is 11.4 Å². The number of nitrogen functional groups attached to an aromatic ring is 1. The van der Waals surface area contributed by atoms with Gasteiger partial charge in [0.25, 0.3) is 0 Å². The predicted octanol–water partition coefficient (Wildman–Crippen LogP) is 1.90. The largest absolute Gasteiger partial charge is 0.480 e. The molecule has 7 heteroatoms. The summed E-state index contributed by atoms with van der Waals surface area (Å²) >= 11 is 0. The second-order valence-electron chi connectivity index (χ2n) is 7.46. The van der Waals surface area contributed by atoms with Gasteiger partial charge in [-0.05, 0) is 69.2 Å². The predicted molar refractivity (Wildman–Crippen MR) is 104 cm³/mol. The SMILES string of the molecule is N=C(N)c1ccc(N2CCC(C(=O)NC3(C(=O)O)CC[CH]CC3)CC2)cc1. The molecule has 3 rings (SSSR count). The number of carbonyl (C=O) groups is 2. The molecule has 0 spiro atoms. The van der Waals surface area contributed by atoms with Gasteiger partial charge in [0, 0.05) is 30.3 Å². The minimum absolute atomic E-state index is 0.0459. The number of carboxylic acid groups (broad SMARTS) is 1. The number of hydrogen-bond donors (Lipinski definition) is 4. The van der Waals surface area contributed by atoms with Gasteiger partial charge >= 0.3 is 5.97 Å². The van der Waals surface area contributed by atoms with E-state index >= 15 is 0 Å². The van der Waals surface area contributed by atoms with Crippen LogP contribution in [0.25, 0.3) is 0 Å². The Morgan fingerprint density at radius 1 is 1.15 bits per heavy atom. The van der Waals surface area contributed by atoms with Gasteiger partial charge in [-0.15, -0.1) is 0 Å². The summed E-state index contributed by atoms with van der Waals surface area (Å²) in [5.74, 6) is -1.16. The van der Waals surface area contributed by atoms with Gasteiger partial charge in [-0.3, -0.25) is 10.2 Å². The molecule has 1 radical (unpaired) electrons. The van der Waals surface area contributed by atoms with E-state index in [4.69, 9.17) is 11.1 Å². The van der Waals surface area contributed by atoms with Crippen molar-refractivity contribution in [2.45, 2.75) is 44.1 Å². The molecule has 1 aromatic carbocycles. The summed E-state index contributed by atoms with van der Waals surface area (Å²) in [6.45, 7) is 1.48. The molecule has 1 aromatic rings. The zero-order valence-corrected chi connectivity index (χ0v) is 15.4. The lowest BCUT2D eigenvalue weighted by Crippen LogP contribution is -2.57. The normalized spacial score (nSPS) is 20.1. The number of nitrogens with one attached hydrogen (secondary N) is 2. The van der Waals surface area contributed by atoms with Gasteiger partial charge in [0.05, 0.1) is 0 Å². The molecule has 1 aliphatic carbocycles. The van der Waals surface area contributed by atoms with Crippen LogP contribution in [-0.4, -0.2) is 41.4 Å². The highest BCUT2D eigenvalue weighted by Crippen LogP contribution is 2.30. The Balaban J connectivity index is 1.57. The van der Waals surface area contributed by atoms with E-state index in [-0.39, 0.29) is 17.7 Å². The molecule has 5 N–H and O–H groups in total. The minimum Gasteiger partial charge on any atom is -0.480 e. The smallest absolute Gasteiger partial charge is 0.329 e. The van der Waals surface area contributed by atoms with Crippen molar-refractivity contribution in [1.29, 1.82) is 5.41 Å². The quantitative estimate of drug-likeness (QED) is 0.465. The van der Waals surface area contributed by atoms with Crippen molar-refractivity contribution in [3.63, 3.8) is 0 Å². The summed E-state index contributed by atoms with van der Waals surface area (Å²) in [5, 5.41) is 19.9. The first kappa shape index (κ1) is 19.2. The van der Waals surface area contributed by atoms with Crippen LogP contribution in [0, 0.1) is 17.7 Å². The van der Waals surface area contributed by atoms with Crippen molar-refractivity contribution in [2.24, 2.45) is 11.7 Å². The Labute approximate surface area is 159 Å². The van der Waals surface area contributed by atoms with Gasteiger partial charge in [0.15, 0.2) is 0 Å². The molecule has 0 atom stereocenters. The number of hydrogen-bond acceptors (Lipinski definition) is 4. The van der Waals surface area contributed by atoms with Gasteiger partial charge in [0.2, 0.25) is 5.91 Å².